The van der Waals surface area contributed by atoms with Gasteiger partial charge in [-0.3, -0.25) is 4.79 Å². The van der Waals surface area contributed by atoms with E-state index in [1.165, 1.54) is 32.3 Å². The van der Waals surface area contributed by atoms with E-state index in [9.17, 15) is 13.2 Å². The van der Waals surface area contributed by atoms with Crippen LogP contribution in [0.3, 0.4) is 0 Å². The van der Waals surface area contributed by atoms with Crippen LogP contribution in [0.15, 0.2) is 47.4 Å². The molecule has 0 fully saturated rings. The summed E-state index contributed by atoms with van der Waals surface area (Å²) in [6.45, 7) is 0.418. The average molecular weight is 383 g/mol. The molecule has 0 saturated carbocycles. The van der Waals surface area contributed by atoms with Crippen LogP contribution in [0.1, 0.15) is 15.9 Å². The molecule has 1 amide bonds. The predicted octanol–water partition coefficient (Wildman–Crippen LogP) is 2.99. The minimum Gasteiger partial charge on any atom is -0.380 e. The van der Waals surface area contributed by atoms with Gasteiger partial charge in [0.25, 0.3) is 5.91 Å². The highest BCUT2D eigenvalue weighted by atomic mass is 35.5. The van der Waals surface area contributed by atoms with Gasteiger partial charge in [-0.2, -0.15) is 0 Å². The van der Waals surface area contributed by atoms with Crippen molar-refractivity contribution in [3.05, 3.63) is 58.6 Å². The molecule has 0 atom stereocenters. The Kier molecular flexibility index (Phi) is 6.18. The maximum absolute atomic E-state index is 12.5. The number of carbonyl (C=O) groups excluding carboxylic acids is 1. The van der Waals surface area contributed by atoms with Crippen molar-refractivity contribution in [2.75, 3.05) is 26.5 Å². The van der Waals surface area contributed by atoms with Crippen LogP contribution in [0.25, 0.3) is 0 Å². The standard InChI is InChI=1S/C17H19ClN2O4S/c1-20(2)25(22,23)14-7-8-16(18)15(10-14)17(21)19-13-6-4-5-12(9-13)11-24-3/h4-10H,11H2,1-3H3,(H,19,21). The zero-order valence-corrected chi connectivity index (χ0v) is 15.7. The molecule has 0 heterocycles. The molecule has 2 rings (SSSR count). The van der Waals surface area contributed by atoms with E-state index in [0.29, 0.717) is 12.3 Å². The van der Waals surface area contributed by atoms with Gasteiger partial charge in [0.05, 0.1) is 22.1 Å². The zero-order chi connectivity index (χ0) is 18.6. The van der Waals surface area contributed by atoms with E-state index in [-0.39, 0.29) is 15.5 Å². The Labute approximate surface area is 152 Å². The summed E-state index contributed by atoms with van der Waals surface area (Å²) >= 11 is 6.08. The van der Waals surface area contributed by atoms with Crippen molar-refractivity contribution in [2.24, 2.45) is 0 Å². The van der Waals surface area contributed by atoms with E-state index in [2.05, 4.69) is 5.32 Å². The van der Waals surface area contributed by atoms with Crippen molar-refractivity contribution in [3.63, 3.8) is 0 Å². The quantitative estimate of drug-likeness (QED) is 0.833. The first kappa shape index (κ1) is 19.4. The maximum Gasteiger partial charge on any atom is 0.257 e. The maximum atomic E-state index is 12.5. The molecule has 134 valence electrons. The summed E-state index contributed by atoms with van der Waals surface area (Å²) in [6, 6.07) is 11.2. The van der Waals surface area contributed by atoms with Crippen molar-refractivity contribution >= 4 is 33.2 Å². The molecule has 0 bridgehead atoms. The first-order valence-corrected chi connectivity index (χ1v) is 9.19. The van der Waals surface area contributed by atoms with Gasteiger partial charge in [0.15, 0.2) is 0 Å². The van der Waals surface area contributed by atoms with Gasteiger partial charge in [0.1, 0.15) is 0 Å². The average Bonchev–Trinajstić information content (AvgIpc) is 2.55. The van der Waals surface area contributed by atoms with Crippen molar-refractivity contribution in [1.82, 2.24) is 4.31 Å². The van der Waals surface area contributed by atoms with Crippen LogP contribution in [-0.2, 0) is 21.4 Å². The summed E-state index contributed by atoms with van der Waals surface area (Å²) in [4.78, 5) is 12.5. The van der Waals surface area contributed by atoms with Crippen molar-refractivity contribution in [2.45, 2.75) is 11.5 Å². The number of nitrogens with one attached hydrogen (secondary N) is 1. The fourth-order valence-electron chi connectivity index (χ4n) is 2.15. The number of anilines is 1. The number of benzene rings is 2. The lowest BCUT2D eigenvalue weighted by atomic mass is 10.2. The number of nitrogens with zero attached hydrogens (tertiary/aromatic N) is 1. The summed E-state index contributed by atoms with van der Waals surface area (Å²) < 4.78 is 30.6. The number of carbonyl (C=O) groups is 1. The second kappa shape index (κ2) is 7.97. The Bertz CT molecular complexity index is 882. The summed E-state index contributed by atoms with van der Waals surface area (Å²) in [5.41, 5.74) is 1.55. The van der Waals surface area contributed by atoms with Gasteiger partial charge in [-0.05, 0) is 35.9 Å². The number of ether oxygens (including phenoxy) is 1. The molecule has 6 nitrogen and oxygen atoms in total. The topological polar surface area (TPSA) is 75.7 Å². The lowest BCUT2D eigenvalue weighted by Crippen LogP contribution is -2.23. The fraction of sp³-hybridized carbons (Fsp3) is 0.235. The van der Waals surface area contributed by atoms with Gasteiger partial charge in [0, 0.05) is 26.9 Å². The van der Waals surface area contributed by atoms with E-state index >= 15 is 0 Å². The summed E-state index contributed by atoms with van der Waals surface area (Å²) in [7, 11) is 0.770. The summed E-state index contributed by atoms with van der Waals surface area (Å²) in [6.07, 6.45) is 0. The van der Waals surface area contributed by atoms with Gasteiger partial charge in [-0.1, -0.05) is 23.7 Å². The van der Waals surface area contributed by atoms with Crippen LogP contribution in [-0.4, -0.2) is 39.8 Å². The highest BCUT2D eigenvalue weighted by Crippen LogP contribution is 2.23. The second-order valence-electron chi connectivity index (χ2n) is 5.52. The van der Waals surface area contributed by atoms with E-state index in [4.69, 9.17) is 16.3 Å². The SMILES string of the molecule is COCc1cccc(NC(=O)c2cc(S(=O)(=O)N(C)C)ccc2Cl)c1. The minimum absolute atomic E-state index is 0.000170. The fourth-order valence-corrected chi connectivity index (χ4v) is 3.29. The van der Waals surface area contributed by atoms with Crippen LogP contribution < -0.4 is 5.32 Å². The van der Waals surface area contributed by atoms with E-state index in [1.54, 1.807) is 25.3 Å². The van der Waals surface area contributed by atoms with Crippen molar-refractivity contribution in [1.29, 1.82) is 0 Å². The van der Waals surface area contributed by atoms with Gasteiger partial charge in [-0.25, -0.2) is 12.7 Å². The highest BCUT2D eigenvalue weighted by molar-refractivity contribution is 7.89. The van der Waals surface area contributed by atoms with Crippen LogP contribution in [0, 0.1) is 0 Å². The van der Waals surface area contributed by atoms with Crippen LogP contribution in [0.2, 0.25) is 5.02 Å². The number of sulfonamides is 1. The molecule has 0 spiro atoms. The monoisotopic (exact) mass is 382 g/mol. The molecular formula is C17H19ClN2O4S. The molecule has 0 unspecified atom stereocenters. The Hall–Kier alpha value is -1.93. The predicted molar refractivity (Wildman–Crippen MR) is 97.4 cm³/mol. The molecule has 0 saturated heterocycles. The highest BCUT2D eigenvalue weighted by Gasteiger charge is 2.20. The molecule has 0 radical (unpaired) electrons. The normalized spacial score (nSPS) is 11.6. The second-order valence-corrected chi connectivity index (χ2v) is 8.08. The van der Waals surface area contributed by atoms with Gasteiger partial charge in [0.2, 0.25) is 10.0 Å². The number of amides is 1. The first-order chi connectivity index (χ1) is 11.8. The third-order valence-electron chi connectivity index (χ3n) is 3.46. The van der Waals surface area contributed by atoms with E-state index in [1.807, 2.05) is 6.07 Å². The Morgan fingerprint density at radius 1 is 1.20 bits per heavy atom. The number of hydrogen-bond acceptors (Lipinski definition) is 4. The lowest BCUT2D eigenvalue weighted by Gasteiger charge is -2.13. The lowest BCUT2D eigenvalue weighted by molar-refractivity contribution is 0.102. The molecule has 2 aromatic carbocycles. The Morgan fingerprint density at radius 2 is 1.92 bits per heavy atom. The molecule has 0 aliphatic rings. The molecular weight excluding hydrogens is 364 g/mol. The van der Waals surface area contributed by atoms with Gasteiger partial charge < -0.3 is 10.1 Å². The van der Waals surface area contributed by atoms with Gasteiger partial charge in [-0.15, -0.1) is 0 Å². The third-order valence-corrected chi connectivity index (χ3v) is 5.60. The van der Waals surface area contributed by atoms with Crippen LogP contribution in [0.5, 0.6) is 0 Å². The first-order valence-electron chi connectivity index (χ1n) is 7.37. The zero-order valence-electron chi connectivity index (χ0n) is 14.1. The number of halogens is 1. The van der Waals surface area contributed by atoms with E-state index in [0.717, 1.165) is 9.87 Å². The summed E-state index contributed by atoms with van der Waals surface area (Å²) in [5, 5.41) is 2.89. The minimum atomic E-state index is -3.66. The third kappa shape index (κ3) is 4.58. The smallest absolute Gasteiger partial charge is 0.257 e. The Morgan fingerprint density at radius 3 is 2.56 bits per heavy atom. The molecule has 0 aliphatic carbocycles. The molecule has 0 aliphatic heterocycles. The largest absolute Gasteiger partial charge is 0.380 e. The molecule has 8 heteroatoms. The molecule has 25 heavy (non-hydrogen) atoms. The number of methoxy groups -OCH3 is 1. The summed E-state index contributed by atoms with van der Waals surface area (Å²) in [5.74, 6) is -0.490. The van der Waals surface area contributed by atoms with E-state index < -0.39 is 15.9 Å². The van der Waals surface area contributed by atoms with Crippen molar-refractivity contribution in [3.8, 4) is 0 Å². The number of hydrogen-bond donors (Lipinski definition) is 1. The number of rotatable bonds is 6. The van der Waals surface area contributed by atoms with Crippen LogP contribution in [0.4, 0.5) is 5.69 Å². The van der Waals surface area contributed by atoms with Crippen molar-refractivity contribution < 1.29 is 17.9 Å². The van der Waals surface area contributed by atoms with Gasteiger partial charge >= 0.3 is 0 Å². The Balaban J connectivity index is 2.32. The molecule has 0 aromatic heterocycles. The molecule has 1 N–H and O–H groups in total. The molecule has 2 aromatic rings. The van der Waals surface area contributed by atoms with Crippen LogP contribution >= 0.6 is 11.6 Å².